The minimum atomic E-state index is -4.31. The summed E-state index contributed by atoms with van der Waals surface area (Å²) in [6.45, 7) is -4.44. The van der Waals surface area contributed by atoms with Gasteiger partial charge in [0, 0.05) is 0 Å². The Hall–Kier alpha value is -2.26. The topological polar surface area (TPSA) is 52.6 Å². The van der Waals surface area contributed by atoms with Crippen molar-refractivity contribution in [3.8, 4) is 0 Å². The van der Waals surface area contributed by atoms with Gasteiger partial charge in [-0.1, -0.05) is 0 Å². The Labute approximate surface area is 119 Å². The van der Waals surface area contributed by atoms with Crippen LogP contribution in [0, 0.1) is 0 Å². The summed E-state index contributed by atoms with van der Waals surface area (Å²) in [5, 5.41) is 0. The SMILES string of the molecule is O=C(OC(F)(F)CF)c1ccc(C(=O)OC(F)(F)CF)cc1. The summed E-state index contributed by atoms with van der Waals surface area (Å²) in [5.41, 5.74) is -0.969. The third-order valence-electron chi connectivity index (χ3n) is 2.15. The van der Waals surface area contributed by atoms with E-state index in [4.69, 9.17) is 0 Å². The molecule has 0 unspecified atom stereocenters. The summed E-state index contributed by atoms with van der Waals surface area (Å²) in [7, 11) is 0. The van der Waals surface area contributed by atoms with Crippen LogP contribution in [0.4, 0.5) is 26.3 Å². The van der Waals surface area contributed by atoms with Crippen LogP contribution in [0.3, 0.4) is 0 Å². The van der Waals surface area contributed by atoms with Crippen molar-refractivity contribution >= 4 is 11.9 Å². The molecule has 0 bridgehead atoms. The van der Waals surface area contributed by atoms with Gasteiger partial charge in [-0.25, -0.2) is 18.4 Å². The first-order chi connectivity index (χ1) is 10.1. The largest absolute Gasteiger partial charge is 0.429 e. The van der Waals surface area contributed by atoms with Crippen LogP contribution in [0.1, 0.15) is 20.7 Å². The number of halogens is 6. The smallest absolute Gasteiger partial charge is 0.395 e. The van der Waals surface area contributed by atoms with Crippen LogP contribution < -0.4 is 0 Å². The van der Waals surface area contributed by atoms with E-state index in [0.29, 0.717) is 0 Å². The van der Waals surface area contributed by atoms with Crippen molar-refractivity contribution < 1.29 is 45.4 Å². The molecule has 0 saturated carbocycles. The van der Waals surface area contributed by atoms with E-state index in [1.807, 2.05) is 0 Å². The van der Waals surface area contributed by atoms with Crippen LogP contribution in [-0.2, 0) is 9.47 Å². The van der Waals surface area contributed by atoms with E-state index in [9.17, 15) is 35.9 Å². The fraction of sp³-hybridized carbons (Fsp3) is 0.333. The van der Waals surface area contributed by atoms with Crippen molar-refractivity contribution in [2.24, 2.45) is 0 Å². The van der Waals surface area contributed by atoms with Gasteiger partial charge in [0.1, 0.15) is 0 Å². The van der Waals surface area contributed by atoms with Crippen molar-refractivity contribution in [1.29, 1.82) is 0 Å². The Balaban J connectivity index is 2.79. The van der Waals surface area contributed by atoms with Gasteiger partial charge < -0.3 is 9.47 Å². The molecule has 0 saturated heterocycles. The van der Waals surface area contributed by atoms with Crippen LogP contribution >= 0.6 is 0 Å². The summed E-state index contributed by atoms with van der Waals surface area (Å²) < 4.78 is 80.8. The molecule has 10 heteroatoms. The highest BCUT2D eigenvalue weighted by Crippen LogP contribution is 2.20. The molecule has 0 amide bonds. The van der Waals surface area contributed by atoms with E-state index < -0.39 is 48.6 Å². The highest BCUT2D eigenvalue weighted by atomic mass is 19.3. The lowest BCUT2D eigenvalue weighted by Gasteiger charge is -2.14. The summed E-state index contributed by atoms with van der Waals surface area (Å²) in [6, 6.07) is 3.17. The lowest BCUT2D eigenvalue weighted by Crippen LogP contribution is -2.28. The van der Waals surface area contributed by atoms with Gasteiger partial charge in [-0.05, 0) is 24.3 Å². The van der Waals surface area contributed by atoms with Gasteiger partial charge in [0.15, 0.2) is 13.3 Å². The average Bonchev–Trinajstić information content (AvgIpc) is 2.46. The second-order valence-corrected chi connectivity index (χ2v) is 3.90. The van der Waals surface area contributed by atoms with E-state index in [-0.39, 0.29) is 0 Å². The molecule has 0 aromatic heterocycles. The second-order valence-electron chi connectivity index (χ2n) is 3.90. The van der Waals surface area contributed by atoms with Crippen LogP contribution in [0.2, 0.25) is 0 Å². The fourth-order valence-corrected chi connectivity index (χ4v) is 1.19. The summed E-state index contributed by atoms with van der Waals surface area (Å²) in [5.74, 6) is -3.17. The van der Waals surface area contributed by atoms with Crippen LogP contribution in [-0.4, -0.2) is 37.5 Å². The molecule has 0 aliphatic rings. The molecule has 22 heavy (non-hydrogen) atoms. The van der Waals surface area contributed by atoms with Crippen molar-refractivity contribution in [3.63, 3.8) is 0 Å². The number of rotatable bonds is 6. The Morgan fingerprint density at radius 1 is 0.773 bits per heavy atom. The van der Waals surface area contributed by atoms with Crippen LogP contribution in [0.5, 0.6) is 0 Å². The molecule has 4 nitrogen and oxygen atoms in total. The van der Waals surface area contributed by atoms with Gasteiger partial charge in [-0.3, -0.25) is 0 Å². The standard InChI is InChI=1S/C12H8F6O4/c13-5-11(15,16)21-9(19)7-1-2-8(4-3-7)10(20)22-12(17,18)6-14/h1-4H,5-6H2. The highest BCUT2D eigenvalue weighted by Gasteiger charge is 2.35. The molecule has 1 aromatic carbocycles. The third kappa shape index (κ3) is 4.93. The highest BCUT2D eigenvalue weighted by molar-refractivity contribution is 5.93. The van der Waals surface area contributed by atoms with E-state index in [0.717, 1.165) is 24.3 Å². The predicted octanol–water partition coefficient (Wildman–Crippen LogP) is 3.12. The molecule has 0 atom stereocenters. The molecule has 0 heterocycles. The molecular formula is C12H8F6O4. The zero-order chi connectivity index (χ0) is 17.0. The Morgan fingerprint density at radius 2 is 1.05 bits per heavy atom. The lowest BCUT2D eigenvalue weighted by atomic mass is 10.1. The zero-order valence-corrected chi connectivity index (χ0v) is 10.6. The summed E-state index contributed by atoms with van der Waals surface area (Å²) >= 11 is 0. The molecular weight excluding hydrogens is 322 g/mol. The van der Waals surface area contributed by atoms with Gasteiger partial charge >= 0.3 is 24.2 Å². The predicted molar refractivity (Wildman–Crippen MR) is 59.1 cm³/mol. The Kier molecular flexibility index (Phi) is 5.39. The summed E-state index contributed by atoms with van der Waals surface area (Å²) in [4.78, 5) is 22.4. The number of benzene rings is 1. The van der Waals surface area contributed by atoms with E-state index in [2.05, 4.69) is 9.47 Å². The first-order valence-electron chi connectivity index (χ1n) is 5.54. The molecule has 1 aromatic rings. The van der Waals surface area contributed by atoms with Crippen LogP contribution in [0.15, 0.2) is 24.3 Å². The molecule has 0 aliphatic carbocycles. The molecule has 122 valence electrons. The third-order valence-corrected chi connectivity index (χ3v) is 2.15. The first-order valence-corrected chi connectivity index (χ1v) is 5.54. The van der Waals surface area contributed by atoms with Crippen molar-refractivity contribution in [1.82, 2.24) is 0 Å². The monoisotopic (exact) mass is 330 g/mol. The van der Waals surface area contributed by atoms with Gasteiger partial charge in [0.2, 0.25) is 0 Å². The number of alkyl halides is 6. The molecule has 1 rings (SSSR count). The zero-order valence-electron chi connectivity index (χ0n) is 10.6. The number of esters is 2. The normalized spacial score (nSPS) is 11.9. The second kappa shape index (κ2) is 6.67. The van der Waals surface area contributed by atoms with E-state index in [1.54, 1.807) is 0 Å². The number of carbonyl (C=O) groups excluding carboxylic acids is 2. The Morgan fingerprint density at radius 3 is 1.27 bits per heavy atom. The van der Waals surface area contributed by atoms with Gasteiger partial charge in [0.05, 0.1) is 11.1 Å². The first kappa shape index (κ1) is 17.8. The number of carbonyl (C=O) groups is 2. The van der Waals surface area contributed by atoms with Gasteiger partial charge in [-0.2, -0.15) is 17.6 Å². The van der Waals surface area contributed by atoms with Crippen LogP contribution in [0.25, 0.3) is 0 Å². The van der Waals surface area contributed by atoms with Crippen molar-refractivity contribution in [3.05, 3.63) is 35.4 Å². The maximum Gasteiger partial charge on any atom is 0.429 e. The number of hydrogen-bond acceptors (Lipinski definition) is 4. The molecule has 0 aliphatic heterocycles. The minimum Gasteiger partial charge on any atom is -0.395 e. The average molecular weight is 330 g/mol. The maximum absolute atomic E-state index is 12.5. The van der Waals surface area contributed by atoms with Crippen molar-refractivity contribution in [2.75, 3.05) is 13.3 Å². The Bertz CT molecular complexity index is 494. The fourth-order valence-electron chi connectivity index (χ4n) is 1.19. The molecule has 0 N–H and O–H groups in total. The van der Waals surface area contributed by atoms with Gasteiger partial charge in [0.25, 0.3) is 0 Å². The van der Waals surface area contributed by atoms with Crippen molar-refractivity contribution in [2.45, 2.75) is 12.2 Å². The van der Waals surface area contributed by atoms with E-state index in [1.165, 1.54) is 0 Å². The number of hydrogen-bond donors (Lipinski definition) is 0. The van der Waals surface area contributed by atoms with E-state index >= 15 is 0 Å². The summed E-state index contributed by atoms with van der Waals surface area (Å²) in [6.07, 6.45) is -8.62. The quantitative estimate of drug-likeness (QED) is 0.594. The molecule has 0 spiro atoms. The number of ether oxygens (including phenoxy) is 2. The minimum absolute atomic E-state index is 0.484. The molecule has 0 radical (unpaired) electrons. The van der Waals surface area contributed by atoms with Gasteiger partial charge in [-0.15, -0.1) is 0 Å². The maximum atomic E-state index is 12.5. The molecule has 0 fully saturated rings. The lowest BCUT2D eigenvalue weighted by molar-refractivity contribution is -0.210.